The maximum Gasteiger partial charge on any atom is 0.194 e. The standard InChI is InChI=1S/C20H33N5/c1-3-21-20(22-16-18-10-11-23(4-2)17-18)25-14-12-24(13-15-25)19-8-6-5-7-9-19/h5-9,18H,3-4,10-17H2,1-2H3,(H,21,22). The molecule has 25 heavy (non-hydrogen) atoms. The highest BCUT2D eigenvalue weighted by Gasteiger charge is 2.23. The Morgan fingerprint density at radius 2 is 1.84 bits per heavy atom. The van der Waals surface area contributed by atoms with Gasteiger partial charge in [0.2, 0.25) is 0 Å². The van der Waals surface area contributed by atoms with Gasteiger partial charge >= 0.3 is 0 Å². The lowest BCUT2D eigenvalue weighted by molar-refractivity contribution is 0.342. The monoisotopic (exact) mass is 343 g/mol. The molecule has 5 heteroatoms. The zero-order valence-electron chi connectivity index (χ0n) is 15.8. The van der Waals surface area contributed by atoms with Crippen LogP contribution in [0.3, 0.4) is 0 Å². The van der Waals surface area contributed by atoms with E-state index in [9.17, 15) is 0 Å². The zero-order chi connectivity index (χ0) is 17.5. The summed E-state index contributed by atoms with van der Waals surface area (Å²) < 4.78 is 0. The smallest absolute Gasteiger partial charge is 0.194 e. The summed E-state index contributed by atoms with van der Waals surface area (Å²) in [7, 11) is 0. The van der Waals surface area contributed by atoms with Gasteiger partial charge in [0.1, 0.15) is 0 Å². The van der Waals surface area contributed by atoms with Gasteiger partial charge in [-0.2, -0.15) is 0 Å². The summed E-state index contributed by atoms with van der Waals surface area (Å²) in [5.74, 6) is 1.82. The van der Waals surface area contributed by atoms with Crippen molar-refractivity contribution in [2.75, 3.05) is 63.8 Å². The third kappa shape index (κ3) is 4.88. The van der Waals surface area contributed by atoms with E-state index in [1.807, 2.05) is 0 Å². The number of guanidine groups is 1. The molecule has 1 atom stereocenters. The first kappa shape index (κ1) is 18.1. The van der Waals surface area contributed by atoms with E-state index in [1.165, 1.54) is 31.7 Å². The Hall–Kier alpha value is -1.75. The van der Waals surface area contributed by atoms with E-state index in [1.54, 1.807) is 0 Å². The number of piperazine rings is 1. The minimum atomic E-state index is 0.721. The van der Waals surface area contributed by atoms with Gasteiger partial charge in [0.15, 0.2) is 5.96 Å². The maximum atomic E-state index is 4.97. The highest BCUT2D eigenvalue weighted by atomic mass is 15.3. The fourth-order valence-electron chi connectivity index (χ4n) is 3.81. The van der Waals surface area contributed by atoms with Crippen molar-refractivity contribution in [3.8, 4) is 0 Å². The average molecular weight is 344 g/mol. The second-order valence-electron chi connectivity index (χ2n) is 7.05. The fraction of sp³-hybridized carbons (Fsp3) is 0.650. The number of anilines is 1. The minimum Gasteiger partial charge on any atom is -0.368 e. The number of benzene rings is 1. The van der Waals surface area contributed by atoms with Crippen LogP contribution in [-0.4, -0.2) is 74.7 Å². The van der Waals surface area contributed by atoms with Crippen LogP contribution in [0, 0.1) is 5.92 Å². The SMILES string of the molecule is CCNC(=NCC1CCN(CC)C1)N1CCN(c2ccccc2)CC1. The number of likely N-dealkylation sites (tertiary alicyclic amines) is 1. The molecule has 0 saturated carbocycles. The lowest BCUT2D eigenvalue weighted by atomic mass is 10.1. The van der Waals surface area contributed by atoms with Crippen molar-refractivity contribution in [2.24, 2.45) is 10.9 Å². The van der Waals surface area contributed by atoms with Crippen LogP contribution < -0.4 is 10.2 Å². The molecule has 0 radical (unpaired) electrons. The number of nitrogens with one attached hydrogen (secondary N) is 1. The molecule has 0 aromatic heterocycles. The first-order valence-electron chi connectivity index (χ1n) is 9.85. The molecule has 1 unspecified atom stereocenters. The number of rotatable bonds is 5. The number of nitrogens with zero attached hydrogens (tertiary/aromatic N) is 4. The highest BCUT2D eigenvalue weighted by Crippen LogP contribution is 2.17. The van der Waals surface area contributed by atoms with Gasteiger partial charge in [-0.05, 0) is 44.5 Å². The van der Waals surface area contributed by atoms with E-state index in [4.69, 9.17) is 4.99 Å². The Morgan fingerprint density at radius 1 is 1.08 bits per heavy atom. The Bertz CT molecular complexity index is 536. The highest BCUT2D eigenvalue weighted by molar-refractivity contribution is 5.80. The Balaban J connectivity index is 1.54. The third-order valence-corrected chi connectivity index (χ3v) is 5.35. The van der Waals surface area contributed by atoms with Crippen LogP contribution in [0.2, 0.25) is 0 Å². The molecular formula is C20H33N5. The number of hydrogen-bond donors (Lipinski definition) is 1. The van der Waals surface area contributed by atoms with E-state index < -0.39 is 0 Å². The molecule has 0 aliphatic carbocycles. The summed E-state index contributed by atoms with van der Waals surface area (Å²) in [5, 5.41) is 3.50. The molecule has 138 valence electrons. The van der Waals surface area contributed by atoms with Crippen molar-refractivity contribution in [1.82, 2.24) is 15.1 Å². The van der Waals surface area contributed by atoms with Gasteiger partial charge in [-0.15, -0.1) is 0 Å². The molecule has 0 spiro atoms. The van der Waals surface area contributed by atoms with Gasteiger partial charge in [0.05, 0.1) is 0 Å². The normalized spacial score (nSPS) is 22.5. The second kappa shape index (κ2) is 9.09. The molecule has 2 heterocycles. The molecule has 1 aromatic carbocycles. The summed E-state index contributed by atoms with van der Waals surface area (Å²) >= 11 is 0. The lowest BCUT2D eigenvalue weighted by Crippen LogP contribution is -2.52. The number of para-hydroxylation sites is 1. The van der Waals surface area contributed by atoms with E-state index in [2.05, 4.69) is 64.2 Å². The summed E-state index contributed by atoms with van der Waals surface area (Å²) in [5.41, 5.74) is 1.33. The molecule has 1 N–H and O–H groups in total. The third-order valence-electron chi connectivity index (χ3n) is 5.35. The van der Waals surface area contributed by atoms with Crippen molar-refractivity contribution in [2.45, 2.75) is 20.3 Å². The van der Waals surface area contributed by atoms with E-state index in [0.29, 0.717) is 0 Å². The summed E-state index contributed by atoms with van der Waals surface area (Å²) in [6.07, 6.45) is 1.29. The molecule has 0 amide bonds. The van der Waals surface area contributed by atoms with Gasteiger partial charge in [0, 0.05) is 51.5 Å². The van der Waals surface area contributed by atoms with Crippen LogP contribution in [0.1, 0.15) is 20.3 Å². The van der Waals surface area contributed by atoms with Crippen LogP contribution in [0.4, 0.5) is 5.69 Å². The van der Waals surface area contributed by atoms with Gasteiger partial charge < -0.3 is 20.0 Å². The molecule has 2 fully saturated rings. The van der Waals surface area contributed by atoms with E-state index >= 15 is 0 Å². The van der Waals surface area contributed by atoms with E-state index in [0.717, 1.165) is 51.1 Å². The van der Waals surface area contributed by atoms with Crippen molar-refractivity contribution in [3.63, 3.8) is 0 Å². The molecule has 2 aliphatic heterocycles. The van der Waals surface area contributed by atoms with E-state index in [-0.39, 0.29) is 0 Å². The molecule has 1 aromatic rings. The Labute approximate surface area is 152 Å². The molecule has 5 nitrogen and oxygen atoms in total. The lowest BCUT2D eigenvalue weighted by Gasteiger charge is -2.37. The van der Waals surface area contributed by atoms with Gasteiger partial charge in [-0.1, -0.05) is 25.1 Å². The molecular weight excluding hydrogens is 310 g/mol. The first-order chi connectivity index (χ1) is 12.3. The molecule has 3 rings (SSSR count). The van der Waals surface area contributed by atoms with Crippen molar-refractivity contribution in [1.29, 1.82) is 0 Å². The average Bonchev–Trinajstić information content (AvgIpc) is 3.14. The minimum absolute atomic E-state index is 0.721. The molecule has 2 aliphatic rings. The number of aliphatic imine (C=N–C) groups is 1. The Kier molecular flexibility index (Phi) is 6.56. The summed E-state index contributed by atoms with van der Waals surface area (Å²) in [6, 6.07) is 10.7. The number of hydrogen-bond acceptors (Lipinski definition) is 3. The predicted octanol–water partition coefficient (Wildman–Crippen LogP) is 2.12. The quantitative estimate of drug-likeness (QED) is 0.656. The maximum absolute atomic E-state index is 4.97. The van der Waals surface area contributed by atoms with Crippen LogP contribution in [-0.2, 0) is 0 Å². The largest absolute Gasteiger partial charge is 0.368 e. The molecule has 2 saturated heterocycles. The zero-order valence-corrected chi connectivity index (χ0v) is 15.8. The Morgan fingerprint density at radius 3 is 2.48 bits per heavy atom. The fourth-order valence-corrected chi connectivity index (χ4v) is 3.81. The van der Waals surface area contributed by atoms with Crippen molar-refractivity contribution >= 4 is 11.6 Å². The summed E-state index contributed by atoms with van der Waals surface area (Å²) in [4.78, 5) is 12.4. The predicted molar refractivity (Wildman–Crippen MR) is 106 cm³/mol. The first-order valence-corrected chi connectivity index (χ1v) is 9.85. The van der Waals surface area contributed by atoms with Crippen LogP contribution in [0.25, 0.3) is 0 Å². The van der Waals surface area contributed by atoms with Gasteiger partial charge in [0.25, 0.3) is 0 Å². The van der Waals surface area contributed by atoms with Crippen molar-refractivity contribution in [3.05, 3.63) is 30.3 Å². The summed E-state index contributed by atoms with van der Waals surface area (Å²) in [6.45, 7) is 14.1. The van der Waals surface area contributed by atoms with Gasteiger partial charge in [-0.25, -0.2) is 0 Å². The molecule has 0 bridgehead atoms. The topological polar surface area (TPSA) is 34.1 Å². The van der Waals surface area contributed by atoms with Crippen LogP contribution in [0.5, 0.6) is 0 Å². The van der Waals surface area contributed by atoms with Crippen molar-refractivity contribution < 1.29 is 0 Å². The van der Waals surface area contributed by atoms with Crippen LogP contribution in [0.15, 0.2) is 35.3 Å². The second-order valence-corrected chi connectivity index (χ2v) is 7.05. The van der Waals surface area contributed by atoms with Gasteiger partial charge in [-0.3, -0.25) is 4.99 Å². The van der Waals surface area contributed by atoms with Crippen LogP contribution >= 0.6 is 0 Å².